The number of anilines is 3. The van der Waals surface area contributed by atoms with E-state index in [9.17, 15) is 0 Å². The van der Waals surface area contributed by atoms with Crippen LogP contribution in [0.25, 0.3) is 11.2 Å². The van der Waals surface area contributed by atoms with E-state index in [2.05, 4.69) is 37.0 Å². The highest BCUT2D eigenvalue weighted by Gasteiger charge is 2.31. The van der Waals surface area contributed by atoms with Crippen LogP contribution in [0.1, 0.15) is 6.42 Å². The van der Waals surface area contributed by atoms with Gasteiger partial charge in [0.15, 0.2) is 11.5 Å². The van der Waals surface area contributed by atoms with E-state index >= 15 is 0 Å². The summed E-state index contributed by atoms with van der Waals surface area (Å²) in [7, 11) is 2.20. The number of imidazole rings is 1. The molecule has 2 aromatic heterocycles. The molecule has 8 nitrogen and oxygen atoms in total. The number of piperazine rings is 1. The molecule has 2 saturated heterocycles. The van der Waals surface area contributed by atoms with Gasteiger partial charge in [0, 0.05) is 51.0 Å². The Balaban J connectivity index is 1.37. The molecule has 1 unspecified atom stereocenters. The van der Waals surface area contributed by atoms with E-state index in [4.69, 9.17) is 9.97 Å². The number of nitrogens with zero attached hydrogens (tertiary/aromatic N) is 6. The summed E-state index contributed by atoms with van der Waals surface area (Å²) < 4.78 is 0. The summed E-state index contributed by atoms with van der Waals surface area (Å²) in [4.78, 5) is 24.4. The smallest absolute Gasteiger partial charge is 0.229 e. The Morgan fingerprint density at radius 2 is 1.86 bits per heavy atom. The lowest BCUT2D eigenvalue weighted by Crippen LogP contribution is -2.49. The molecular weight excluding hydrogens is 352 g/mol. The van der Waals surface area contributed by atoms with Crippen LogP contribution in [-0.4, -0.2) is 82.1 Å². The summed E-state index contributed by atoms with van der Waals surface area (Å²) in [5.74, 6) is 1.53. The molecule has 2 fully saturated rings. The maximum atomic E-state index is 4.85. The molecule has 5 rings (SSSR count). The minimum Gasteiger partial charge on any atom is -0.340 e. The molecule has 1 aromatic carbocycles. The average Bonchev–Trinajstić information content (AvgIpc) is 3.39. The van der Waals surface area contributed by atoms with Crippen molar-refractivity contribution in [3.8, 4) is 0 Å². The van der Waals surface area contributed by atoms with Gasteiger partial charge in [-0.1, -0.05) is 18.2 Å². The van der Waals surface area contributed by atoms with Gasteiger partial charge in [-0.15, -0.1) is 0 Å². The Labute approximate surface area is 164 Å². The number of likely N-dealkylation sites (N-methyl/N-ethyl adjacent to an activating group) is 1. The summed E-state index contributed by atoms with van der Waals surface area (Å²) in [5, 5.41) is 3.41. The van der Waals surface area contributed by atoms with Gasteiger partial charge in [-0.3, -0.25) is 4.90 Å². The maximum Gasteiger partial charge on any atom is 0.229 e. The Kier molecular flexibility index (Phi) is 4.58. The van der Waals surface area contributed by atoms with E-state index in [1.165, 1.54) is 0 Å². The summed E-state index contributed by atoms with van der Waals surface area (Å²) in [5.41, 5.74) is 2.54. The fraction of sp³-hybridized carbons (Fsp3) is 0.450. The van der Waals surface area contributed by atoms with Crippen molar-refractivity contribution in [2.24, 2.45) is 0 Å². The van der Waals surface area contributed by atoms with E-state index in [1.807, 2.05) is 30.3 Å². The van der Waals surface area contributed by atoms with Crippen molar-refractivity contribution in [1.82, 2.24) is 29.7 Å². The van der Waals surface area contributed by atoms with Crippen molar-refractivity contribution >= 4 is 28.6 Å². The topological polar surface area (TPSA) is 76.2 Å². The molecular formula is C20H26N8. The molecule has 0 amide bonds. The lowest BCUT2D eigenvalue weighted by molar-refractivity contribution is 0.120. The third-order valence-electron chi connectivity index (χ3n) is 5.81. The van der Waals surface area contributed by atoms with E-state index < -0.39 is 0 Å². The number of aromatic nitrogens is 4. The van der Waals surface area contributed by atoms with Gasteiger partial charge in [0.05, 0.1) is 6.33 Å². The van der Waals surface area contributed by atoms with Crippen LogP contribution in [0.3, 0.4) is 0 Å². The minimum absolute atomic E-state index is 0.581. The predicted octanol–water partition coefficient (Wildman–Crippen LogP) is 1.92. The summed E-state index contributed by atoms with van der Waals surface area (Å²) in [6.07, 6.45) is 2.84. The molecule has 0 saturated carbocycles. The number of para-hydroxylation sites is 1. The number of H-pyrrole nitrogens is 1. The summed E-state index contributed by atoms with van der Waals surface area (Å²) in [6.45, 7) is 6.56. The van der Waals surface area contributed by atoms with Gasteiger partial charge in [0.2, 0.25) is 5.95 Å². The van der Waals surface area contributed by atoms with Crippen LogP contribution >= 0.6 is 0 Å². The normalized spacial score (nSPS) is 21.5. The lowest BCUT2D eigenvalue weighted by atomic mass is 10.2. The summed E-state index contributed by atoms with van der Waals surface area (Å²) in [6, 6.07) is 10.7. The number of hydrogen-bond donors (Lipinski definition) is 2. The van der Waals surface area contributed by atoms with Crippen LogP contribution in [0.4, 0.5) is 17.5 Å². The van der Waals surface area contributed by atoms with Gasteiger partial charge >= 0.3 is 0 Å². The Hall–Kier alpha value is -2.71. The van der Waals surface area contributed by atoms with Crippen LogP contribution in [0.15, 0.2) is 36.7 Å². The highest BCUT2D eigenvalue weighted by atomic mass is 15.3. The average molecular weight is 378 g/mol. The summed E-state index contributed by atoms with van der Waals surface area (Å²) >= 11 is 0. The first kappa shape index (κ1) is 17.4. The predicted molar refractivity (Wildman–Crippen MR) is 111 cm³/mol. The molecule has 0 spiro atoms. The first-order valence-corrected chi connectivity index (χ1v) is 9.97. The van der Waals surface area contributed by atoms with Crippen LogP contribution in [-0.2, 0) is 0 Å². The van der Waals surface area contributed by atoms with Crippen LogP contribution in [0.5, 0.6) is 0 Å². The van der Waals surface area contributed by atoms with Gasteiger partial charge in [0.1, 0.15) is 5.52 Å². The molecule has 0 bridgehead atoms. The number of fused-ring (bicyclic) bond motifs is 1. The Bertz CT molecular complexity index is 932. The van der Waals surface area contributed by atoms with E-state index in [0.717, 1.165) is 68.7 Å². The van der Waals surface area contributed by atoms with Crippen molar-refractivity contribution in [2.75, 3.05) is 56.5 Å². The fourth-order valence-corrected chi connectivity index (χ4v) is 4.12. The highest BCUT2D eigenvalue weighted by molar-refractivity contribution is 5.86. The molecule has 2 N–H and O–H groups in total. The first-order valence-electron chi connectivity index (χ1n) is 9.97. The second kappa shape index (κ2) is 7.37. The number of benzene rings is 1. The third-order valence-corrected chi connectivity index (χ3v) is 5.81. The molecule has 4 heterocycles. The zero-order valence-electron chi connectivity index (χ0n) is 16.2. The SMILES string of the molecule is CN1CCN(C2CCN(c3nc(Nc4ccccc4)c4[nH]cnc4n3)C2)CC1. The minimum atomic E-state index is 0.581. The molecule has 3 aromatic rings. The maximum absolute atomic E-state index is 4.85. The molecule has 1 atom stereocenters. The van der Waals surface area contributed by atoms with Crippen LogP contribution < -0.4 is 10.2 Å². The monoisotopic (exact) mass is 378 g/mol. The second-order valence-corrected chi connectivity index (χ2v) is 7.69. The number of nitrogens with one attached hydrogen (secondary N) is 2. The quantitative estimate of drug-likeness (QED) is 0.718. The van der Waals surface area contributed by atoms with Crippen molar-refractivity contribution in [1.29, 1.82) is 0 Å². The molecule has 28 heavy (non-hydrogen) atoms. The van der Waals surface area contributed by atoms with Crippen LogP contribution in [0, 0.1) is 0 Å². The number of aromatic amines is 1. The van der Waals surface area contributed by atoms with Crippen molar-refractivity contribution in [2.45, 2.75) is 12.5 Å². The molecule has 2 aliphatic heterocycles. The second-order valence-electron chi connectivity index (χ2n) is 7.69. The van der Waals surface area contributed by atoms with Gasteiger partial charge in [0.25, 0.3) is 0 Å². The van der Waals surface area contributed by atoms with Crippen LogP contribution in [0.2, 0.25) is 0 Å². The Morgan fingerprint density at radius 3 is 2.68 bits per heavy atom. The van der Waals surface area contributed by atoms with E-state index in [1.54, 1.807) is 6.33 Å². The molecule has 0 aliphatic carbocycles. The highest BCUT2D eigenvalue weighted by Crippen LogP contribution is 2.27. The molecule has 8 heteroatoms. The van der Waals surface area contributed by atoms with Gasteiger partial charge in [-0.2, -0.15) is 9.97 Å². The molecule has 0 radical (unpaired) electrons. The van der Waals surface area contributed by atoms with Crippen molar-refractivity contribution < 1.29 is 0 Å². The third kappa shape index (κ3) is 3.41. The molecule has 146 valence electrons. The van der Waals surface area contributed by atoms with Crippen molar-refractivity contribution in [3.63, 3.8) is 0 Å². The van der Waals surface area contributed by atoms with Gasteiger partial charge in [-0.05, 0) is 25.6 Å². The largest absolute Gasteiger partial charge is 0.340 e. The van der Waals surface area contributed by atoms with E-state index in [0.29, 0.717) is 11.7 Å². The van der Waals surface area contributed by atoms with Crippen molar-refractivity contribution in [3.05, 3.63) is 36.7 Å². The zero-order chi connectivity index (χ0) is 18.9. The fourth-order valence-electron chi connectivity index (χ4n) is 4.12. The van der Waals surface area contributed by atoms with Gasteiger partial charge < -0.3 is 20.1 Å². The number of hydrogen-bond acceptors (Lipinski definition) is 7. The first-order chi connectivity index (χ1) is 13.8. The molecule has 2 aliphatic rings. The zero-order valence-corrected chi connectivity index (χ0v) is 16.2. The van der Waals surface area contributed by atoms with E-state index in [-0.39, 0.29) is 0 Å². The standard InChI is InChI=1S/C20H26N8/c1-26-9-11-27(12-10-26)16-7-8-28(13-16)20-24-18-17(21-14-22-18)19(25-20)23-15-5-3-2-4-6-15/h2-6,14,16H,7-13H2,1H3,(H2,21,22,23,24,25). The Morgan fingerprint density at radius 1 is 1.04 bits per heavy atom. The van der Waals surface area contributed by atoms with Gasteiger partial charge in [-0.25, -0.2) is 4.98 Å². The number of rotatable bonds is 4. The lowest BCUT2D eigenvalue weighted by Gasteiger charge is -2.36.